The Hall–Kier alpha value is -4.48. The van der Waals surface area contributed by atoms with Crippen LogP contribution in [-0.4, -0.2) is 46.9 Å². The van der Waals surface area contributed by atoms with Gasteiger partial charge < -0.3 is 26.2 Å². The second kappa shape index (κ2) is 13.7. The smallest absolute Gasteiger partial charge is 0.274 e. The van der Waals surface area contributed by atoms with Gasteiger partial charge in [-0.05, 0) is 73.3 Å². The Morgan fingerprint density at radius 1 is 1.02 bits per heavy atom. The molecule has 2 aromatic heterocycles. The van der Waals surface area contributed by atoms with Crippen LogP contribution < -0.4 is 21.3 Å². The topological polar surface area (TPSA) is 124 Å². The molecule has 0 bridgehead atoms. The number of benzene rings is 2. The van der Waals surface area contributed by atoms with Crippen molar-refractivity contribution >= 4 is 45.2 Å². The van der Waals surface area contributed by atoms with E-state index in [9.17, 15) is 14.9 Å². The van der Waals surface area contributed by atoms with E-state index in [1.807, 2.05) is 41.8 Å². The summed E-state index contributed by atoms with van der Waals surface area (Å²) in [7, 11) is 0. The van der Waals surface area contributed by atoms with Gasteiger partial charge in [-0.3, -0.25) is 19.9 Å². The van der Waals surface area contributed by atoms with Crippen molar-refractivity contribution in [3.05, 3.63) is 105 Å². The predicted molar refractivity (Wildman–Crippen MR) is 165 cm³/mol. The molecule has 1 aliphatic rings. The van der Waals surface area contributed by atoms with Gasteiger partial charge in [-0.15, -0.1) is 11.3 Å². The first kappa shape index (κ1) is 28.1. The summed E-state index contributed by atoms with van der Waals surface area (Å²) < 4.78 is 0. The minimum atomic E-state index is -0.484. The number of aromatic nitrogens is 1. The number of nitrogens with zero attached hydrogens (tertiary/aromatic N) is 3. The highest BCUT2D eigenvalue weighted by atomic mass is 32.1. The summed E-state index contributed by atoms with van der Waals surface area (Å²) in [6, 6.07) is 19.0. The number of pyridine rings is 1. The molecular weight excluding hydrogens is 538 g/mol. The van der Waals surface area contributed by atoms with Crippen molar-refractivity contribution in [1.29, 1.82) is 0 Å². The Balaban J connectivity index is 1.20. The molecule has 11 heteroatoms. The number of hydrogen-bond donors (Lipinski definition) is 4. The highest BCUT2D eigenvalue weighted by molar-refractivity contribution is 7.12. The fraction of sp³-hybridized carbons (Fsp3) is 0.267. The molecule has 2 aromatic carbocycles. The summed E-state index contributed by atoms with van der Waals surface area (Å²) in [6.45, 7) is 4.09. The van der Waals surface area contributed by atoms with Crippen LogP contribution in [0.4, 0.5) is 17.1 Å². The van der Waals surface area contributed by atoms with E-state index in [2.05, 4.69) is 31.2 Å². The van der Waals surface area contributed by atoms with Gasteiger partial charge in [0, 0.05) is 42.6 Å². The predicted octanol–water partition coefficient (Wildman–Crippen LogP) is 5.72. The van der Waals surface area contributed by atoms with Gasteiger partial charge in [-0.2, -0.15) is 0 Å². The van der Waals surface area contributed by atoms with Crippen LogP contribution in [-0.2, 0) is 6.54 Å². The molecule has 1 saturated heterocycles. The molecule has 10 nitrogen and oxygen atoms in total. The quantitative estimate of drug-likeness (QED) is 0.126. The fourth-order valence-electron chi connectivity index (χ4n) is 4.90. The average molecular weight is 572 g/mol. The summed E-state index contributed by atoms with van der Waals surface area (Å²) in [6.07, 6.45) is 6.37. The zero-order valence-corrected chi connectivity index (χ0v) is 23.5. The number of likely N-dealkylation sites (tertiary alicyclic amines) is 1. The Morgan fingerprint density at radius 3 is 2.66 bits per heavy atom. The second-order valence-corrected chi connectivity index (χ2v) is 10.7. The molecule has 1 amide bonds. The molecule has 1 fully saturated rings. The van der Waals surface area contributed by atoms with Crippen molar-refractivity contribution < 1.29 is 9.72 Å². The van der Waals surface area contributed by atoms with Gasteiger partial charge in [0.1, 0.15) is 4.88 Å². The maximum Gasteiger partial charge on any atom is 0.274 e. The number of amides is 1. The van der Waals surface area contributed by atoms with E-state index >= 15 is 0 Å². The maximum absolute atomic E-state index is 13.2. The molecule has 5 rings (SSSR count). The highest BCUT2D eigenvalue weighted by Crippen LogP contribution is 2.26. The summed E-state index contributed by atoms with van der Waals surface area (Å²) in [5.41, 5.74) is 3.97. The Labute approximate surface area is 242 Å². The van der Waals surface area contributed by atoms with E-state index in [1.165, 1.54) is 30.6 Å². The first-order valence-corrected chi connectivity index (χ1v) is 14.6. The van der Waals surface area contributed by atoms with Crippen LogP contribution in [0.15, 0.2) is 84.3 Å². The van der Waals surface area contributed by atoms with E-state index in [4.69, 9.17) is 0 Å². The Morgan fingerprint density at radius 2 is 1.83 bits per heavy atom. The van der Waals surface area contributed by atoms with Crippen LogP contribution >= 0.6 is 11.3 Å². The third-order valence-electron chi connectivity index (χ3n) is 6.91. The minimum Gasteiger partial charge on any atom is -0.380 e. The Kier molecular flexibility index (Phi) is 9.40. The number of piperidine rings is 1. The molecule has 0 radical (unpaired) electrons. The highest BCUT2D eigenvalue weighted by Gasteiger charge is 2.15. The first-order valence-electron chi connectivity index (χ1n) is 13.7. The van der Waals surface area contributed by atoms with Crippen molar-refractivity contribution in [2.24, 2.45) is 0 Å². The normalized spacial score (nSPS) is 14.0. The molecule has 0 unspecified atom stereocenters. The van der Waals surface area contributed by atoms with E-state index in [0.717, 1.165) is 48.0 Å². The van der Waals surface area contributed by atoms with Crippen LogP contribution in [0, 0.1) is 10.1 Å². The number of fused-ring (bicyclic) bond motifs is 1. The number of hydrogen-bond acceptors (Lipinski definition) is 9. The molecular formula is C30H33N7O3S. The lowest BCUT2D eigenvalue weighted by molar-refractivity contribution is -0.403. The second-order valence-electron chi connectivity index (χ2n) is 9.82. The van der Waals surface area contributed by atoms with Gasteiger partial charge >= 0.3 is 0 Å². The minimum absolute atomic E-state index is 0.236. The summed E-state index contributed by atoms with van der Waals surface area (Å²) in [5.74, 6) is 0.0591. The van der Waals surface area contributed by atoms with Crippen molar-refractivity contribution in [1.82, 2.24) is 15.2 Å². The molecule has 4 aromatic rings. The van der Waals surface area contributed by atoms with E-state index in [1.54, 1.807) is 30.5 Å². The number of carbonyl (C=O) groups is 1. The van der Waals surface area contributed by atoms with E-state index in [-0.39, 0.29) is 5.91 Å². The summed E-state index contributed by atoms with van der Waals surface area (Å²) in [4.78, 5) is 31.3. The van der Waals surface area contributed by atoms with Crippen LogP contribution in [0.25, 0.3) is 10.9 Å². The Bertz CT molecular complexity index is 1530. The SMILES string of the molecule is O=C(Nc1cccc(N/C(=C/[N+](=O)[O-])NCCN2CCCCC2)c1)c1sccc1NCc1ccnc2ccccc12. The molecule has 212 valence electrons. The zero-order chi connectivity index (χ0) is 28.4. The monoisotopic (exact) mass is 571 g/mol. The van der Waals surface area contributed by atoms with Gasteiger partial charge in [0.2, 0.25) is 0 Å². The van der Waals surface area contributed by atoms with E-state index in [0.29, 0.717) is 35.2 Å². The fourth-order valence-corrected chi connectivity index (χ4v) is 5.67. The average Bonchev–Trinajstić information content (AvgIpc) is 3.45. The lowest BCUT2D eigenvalue weighted by Gasteiger charge is -2.26. The molecule has 3 heterocycles. The maximum atomic E-state index is 13.2. The van der Waals surface area contributed by atoms with Crippen molar-refractivity contribution in [2.75, 3.05) is 42.1 Å². The molecule has 0 spiro atoms. The zero-order valence-electron chi connectivity index (χ0n) is 22.6. The third kappa shape index (κ3) is 7.80. The lowest BCUT2D eigenvalue weighted by Crippen LogP contribution is -2.36. The van der Waals surface area contributed by atoms with Gasteiger partial charge in [0.25, 0.3) is 12.1 Å². The number of nitro groups is 1. The van der Waals surface area contributed by atoms with E-state index < -0.39 is 4.92 Å². The van der Waals surface area contributed by atoms with Crippen molar-refractivity contribution in [3.63, 3.8) is 0 Å². The van der Waals surface area contributed by atoms with Crippen LogP contribution in [0.3, 0.4) is 0 Å². The molecule has 1 aliphatic heterocycles. The van der Waals surface area contributed by atoms with Crippen molar-refractivity contribution in [3.8, 4) is 0 Å². The third-order valence-corrected chi connectivity index (χ3v) is 7.82. The number of para-hydroxylation sites is 1. The molecule has 0 aliphatic carbocycles. The standard InChI is InChI=1S/C30H33N7O3S/c38-30(29-27(12-18-41-29)33-20-22-11-13-31-26-10-3-2-9-25(22)26)35-24-8-6-7-23(19-24)34-28(21-37(39)40)32-14-17-36-15-4-1-5-16-36/h2-3,6-13,18-19,21,32-34H,1,4-5,14-17,20H2,(H,35,38)/b28-21+. The number of nitrogens with one attached hydrogen (secondary N) is 4. The first-order chi connectivity index (χ1) is 20.0. The number of rotatable bonds is 12. The largest absolute Gasteiger partial charge is 0.380 e. The summed E-state index contributed by atoms with van der Waals surface area (Å²) in [5, 5.41) is 26.7. The van der Waals surface area contributed by atoms with Crippen LogP contribution in [0.2, 0.25) is 0 Å². The molecule has 41 heavy (non-hydrogen) atoms. The molecule has 4 N–H and O–H groups in total. The van der Waals surface area contributed by atoms with Gasteiger partial charge in [0.15, 0.2) is 5.82 Å². The van der Waals surface area contributed by atoms with Gasteiger partial charge in [0.05, 0.1) is 16.1 Å². The van der Waals surface area contributed by atoms with Gasteiger partial charge in [-0.25, -0.2) is 0 Å². The number of thiophene rings is 1. The summed E-state index contributed by atoms with van der Waals surface area (Å²) >= 11 is 1.36. The molecule has 0 saturated carbocycles. The van der Waals surface area contributed by atoms with Gasteiger partial charge in [-0.1, -0.05) is 30.7 Å². The lowest BCUT2D eigenvalue weighted by atomic mass is 10.1. The number of anilines is 3. The molecule has 0 atom stereocenters. The van der Waals surface area contributed by atoms with Crippen LogP contribution in [0.5, 0.6) is 0 Å². The number of carbonyl (C=O) groups excluding carboxylic acids is 1. The van der Waals surface area contributed by atoms with Crippen molar-refractivity contribution in [2.45, 2.75) is 25.8 Å². The van der Waals surface area contributed by atoms with Crippen LogP contribution in [0.1, 0.15) is 34.5 Å².